The van der Waals surface area contributed by atoms with Gasteiger partial charge in [-0.1, -0.05) is 0 Å². The average molecular weight is 287 g/mol. The number of carbonyl (C=O) groups excluding carboxylic acids is 3. The van der Waals surface area contributed by atoms with E-state index >= 15 is 0 Å². The smallest absolute Gasteiger partial charge is 0.313 e. The van der Waals surface area contributed by atoms with Crippen LogP contribution in [0.4, 0.5) is 11.4 Å². The summed E-state index contributed by atoms with van der Waals surface area (Å²) in [6.07, 6.45) is 1.79. The van der Waals surface area contributed by atoms with Crippen molar-refractivity contribution in [2.24, 2.45) is 0 Å². The molecule has 2 aliphatic heterocycles. The molecule has 2 heterocycles. The molecular formula is C15H17N3O3. The lowest BCUT2D eigenvalue weighted by molar-refractivity contribution is -0.135. The van der Waals surface area contributed by atoms with E-state index in [1.54, 1.807) is 6.07 Å². The summed E-state index contributed by atoms with van der Waals surface area (Å²) in [4.78, 5) is 37.0. The van der Waals surface area contributed by atoms with Crippen molar-refractivity contribution in [3.05, 3.63) is 23.3 Å². The Kier molecular flexibility index (Phi) is 3.16. The van der Waals surface area contributed by atoms with Gasteiger partial charge in [-0.05, 0) is 43.0 Å². The maximum absolute atomic E-state index is 12.2. The summed E-state index contributed by atoms with van der Waals surface area (Å²) in [7, 11) is 1.41. The molecule has 2 aliphatic rings. The minimum Gasteiger partial charge on any atom is -0.351 e. The molecule has 0 saturated carbocycles. The number of rotatable bonds is 1. The fourth-order valence-electron chi connectivity index (χ4n) is 3.07. The zero-order chi connectivity index (χ0) is 15.1. The van der Waals surface area contributed by atoms with E-state index in [0.717, 1.165) is 36.2 Å². The van der Waals surface area contributed by atoms with E-state index in [4.69, 9.17) is 0 Å². The Bertz CT molecular complexity index is 654. The molecule has 1 atom stereocenters. The third-order valence-corrected chi connectivity index (χ3v) is 4.11. The van der Waals surface area contributed by atoms with Crippen molar-refractivity contribution in [2.45, 2.75) is 25.7 Å². The summed E-state index contributed by atoms with van der Waals surface area (Å²) in [6, 6.07) is 3.66. The van der Waals surface area contributed by atoms with Gasteiger partial charge >= 0.3 is 11.8 Å². The third kappa shape index (κ3) is 2.07. The van der Waals surface area contributed by atoms with Gasteiger partial charge in [-0.25, -0.2) is 0 Å². The summed E-state index contributed by atoms with van der Waals surface area (Å²) in [5, 5.41) is 4.88. The second-order valence-corrected chi connectivity index (χ2v) is 5.42. The van der Waals surface area contributed by atoms with Gasteiger partial charge in [0.15, 0.2) is 0 Å². The van der Waals surface area contributed by atoms with Gasteiger partial charge in [0, 0.05) is 19.3 Å². The second kappa shape index (κ2) is 4.87. The Morgan fingerprint density at radius 2 is 2.05 bits per heavy atom. The van der Waals surface area contributed by atoms with Gasteiger partial charge in [-0.3, -0.25) is 14.4 Å². The maximum atomic E-state index is 12.2. The number of anilines is 2. The first-order valence-electron chi connectivity index (χ1n) is 7.04. The lowest BCUT2D eigenvalue weighted by Crippen LogP contribution is -2.33. The molecule has 0 aromatic heterocycles. The molecule has 0 aliphatic carbocycles. The minimum atomic E-state index is -0.700. The molecule has 21 heavy (non-hydrogen) atoms. The number of amides is 3. The number of hydrogen-bond donors (Lipinski definition) is 2. The predicted molar refractivity (Wildman–Crippen MR) is 78.2 cm³/mol. The number of hydrogen-bond acceptors (Lipinski definition) is 3. The van der Waals surface area contributed by atoms with Crippen molar-refractivity contribution < 1.29 is 14.4 Å². The van der Waals surface area contributed by atoms with Crippen molar-refractivity contribution >= 4 is 29.1 Å². The molecule has 6 nitrogen and oxygen atoms in total. The Labute approximate surface area is 122 Å². The van der Waals surface area contributed by atoms with E-state index in [1.807, 2.05) is 17.9 Å². The molecule has 0 radical (unpaired) electrons. The first kappa shape index (κ1) is 13.6. The van der Waals surface area contributed by atoms with Gasteiger partial charge in [0.2, 0.25) is 5.91 Å². The highest BCUT2D eigenvalue weighted by Crippen LogP contribution is 2.44. The van der Waals surface area contributed by atoms with E-state index in [2.05, 4.69) is 10.6 Å². The average Bonchev–Trinajstić information content (AvgIpc) is 2.73. The monoisotopic (exact) mass is 287 g/mol. The lowest BCUT2D eigenvalue weighted by atomic mass is 9.96. The number of aryl methyl sites for hydroxylation is 1. The van der Waals surface area contributed by atoms with Gasteiger partial charge in [0.1, 0.15) is 0 Å². The molecule has 1 aromatic carbocycles. The molecule has 3 amide bonds. The Hall–Kier alpha value is -2.37. The van der Waals surface area contributed by atoms with Crippen LogP contribution >= 0.6 is 0 Å². The summed E-state index contributed by atoms with van der Waals surface area (Å²) in [5.41, 5.74) is 3.56. The summed E-state index contributed by atoms with van der Waals surface area (Å²) < 4.78 is 0. The van der Waals surface area contributed by atoms with Crippen molar-refractivity contribution in [1.82, 2.24) is 5.32 Å². The van der Waals surface area contributed by atoms with Gasteiger partial charge in [-0.2, -0.15) is 0 Å². The van der Waals surface area contributed by atoms with Crippen LogP contribution in [0.25, 0.3) is 0 Å². The summed E-state index contributed by atoms with van der Waals surface area (Å²) in [6.45, 7) is 2.63. The van der Waals surface area contributed by atoms with E-state index in [-0.39, 0.29) is 11.8 Å². The van der Waals surface area contributed by atoms with E-state index < -0.39 is 11.8 Å². The number of benzene rings is 1. The molecular weight excluding hydrogens is 270 g/mol. The van der Waals surface area contributed by atoms with Crippen LogP contribution in [0.2, 0.25) is 0 Å². The highest BCUT2D eigenvalue weighted by Gasteiger charge is 2.38. The normalized spacial score (nSPS) is 19.2. The van der Waals surface area contributed by atoms with E-state index in [9.17, 15) is 14.4 Å². The van der Waals surface area contributed by atoms with Crippen molar-refractivity contribution in [3.63, 3.8) is 0 Å². The van der Waals surface area contributed by atoms with Gasteiger partial charge < -0.3 is 15.5 Å². The molecule has 1 aromatic rings. The van der Waals surface area contributed by atoms with E-state index in [0.29, 0.717) is 5.69 Å². The summed E-state index contributed by atoms with van der Waals surface area (Å²) >= 11 is 0. The number of nitrogens with one attached hydrogen (secondary N) is 2. The Balaban J connectivity index is 1.98. The molecule has 0 spiro atoms. The molecule has 6 heteroatoms. The fourth-order valence-corrected chi connectivity index (χ4v) is 3.07. The Morgan fingerprint density at radius 1 is 1.29 bits per heavy atom. The second-order valence-electron chi connectivity index (χ2n) is 5.42. The topological polar surface area (TPSA) is 78.5 Å². The maximum Gasteiger partial charge on any atom is 0.313 e. The first-order chi connectivity index (χ1) is 10.0. The van der Waals surface area contributed by atoms with Gasteiger partial charge in [-0.15, -0.1) is 0 Å². The predicted octanol–water partition coefficient (Wildman–Crippen LogP) is 0.767. The lowest BCUT2D eigenvalue weighted by Gasteiger charge is -2.26. The van der Waals surface area contributed by atoms with Gasteiger partial charge in [0.25, 0.3) is 0 Å². The first-order valence-corrected chi connectivity index (χ1v) is 7.04. The standard InChI is InChI=1S/C15H17N3O3/c1-8-11-7-10(17-14(20)13(19)16-2)6-9-4-3-5-18(12(9)11)15(8)21/h6-8H,3-5H2,1-2H3,(H,16,19)(H,17,20)/t8-/m0/s1. The van der Waals surface area contributed by atoms with Crippen LogP contribution in [0.1, 0.15) is 30.4 Å². The molecule has 0 fully saturated rings. The zero-order valence-electron chi connectivity index (χ0n) is 12.0. The Morgan fingerprint density at radius 3 is 2.76 bits per heavy atom. The highest BCUT2D eigenvalue weighted by molar-refractivity contribution is 6.39. The number of carbonyl (C=O) groups is 3. The van der Waals surface area contributed by atoms with Crippen LogP contribution in [-0.4, -0.2) is 31.3 Å². The fraction of sp³-hybridized carbons (Fsp3) is 0.400. The van der Waals surface area contributed by atoms with Crippen LogP contribution in [0.5, 0.6) is 0 Å². The van der Waals surface area contributed by atoms with E-state index in [1.165, 1.54) is 7.05 Å². The van der Waals surface area contributed by atoms with Crippen molar-refractivity contribution in [2.75, 3.05) is 23.8 Å². The number of likely N-dealkylation sites (N-methyl/N-ethyl adjacent to an activating group) is 1. The van der Waals surface area contributed by atoms with Crippen molar-refractivity contribution in [3.8, 4) is 0 Å². The third-order valence-electron chi connectivity index (χ3n) is 4.11. The van der Waals surface area contributed by atoms with Crippen LogP contribution in [0.15, 0.2) is 12.1 Å². The molecule has 2 N–H and O–H groups in total. The molecule has 3 rings (SSSR count). The number of nitrogens with zero attached hydrogens (tertiary/aromatic N) is 1. The zero-order valence-corrected chi connectivity index (χ0v) is 12.0. The van der Waals surface area contributed by atoms with Gasteiger partial charge in [0.05, 0.1) is 11.6 Å². The van der Waals surface area contributed by atoms with Crippen LogP contribution in [0, 0.1) is 0 Å². The molecule has 0 saturated heterocycles. The molecule has 110 valence electrons. The molecule has 0 bridgehead atoms. The quantitative estimate of drug-likeness (QED) is 0.749. The van der Waals surface area contributed by atoms with Crippen LogP contribution in [0.3, 0.4) is 0 Å². The van der Waals surface area contributed by atoms with Crippen LogP contribution < -0.4 is 15.5 Å². The minimum absolute atomic E-state index is 0.112. The molecule has 0 unspecified atom stereocenters. The summed E-state index contributed by atoms with van der Waals surface area (Å²) in [5.74, 6) is -1.47. The highest BCUT2D eigenvalue weighted by atomic mass is 16.2. The van der Waals surface area contributed by atoms with Crippen molar-refractivity contribution in [1.29, 1.82) is 0 Å². The van der Waals surface area contributed by atoms with Crippen LogP contribution in [-0.2, 0) is 20.8 Å². The SMILES string of the molecule is CNC(=O)C(=O)Nc1cc2c3c(c1)[C@H](C)C(=O)N3CCC2. The largest absolute Gasteiger partial charge is 0.351 e.